The van der Waals surface area contributed by atoms with Crippen molar-refractivity contribution >= 4 is 40.6 Å². The first-order chi connectivity index (χ1) is 11.6. The highest BCUT2D eigenvalue weighted by Crippen LogP contribution is 2.36. The molecule has 0 aliphatic heterocycles. The van der Waals surface area contributed by atoms with E-state index in [0.29, 0.717) is 0 Å². The van der Waals surface area contributed by atoms with Crippen LogP contribution in [0.15, 0.2) is 35.2 Å². The highest BCUT2D eigenvalue weighted by molar-refractivity contribution is 7.12. The molecule has 0 atom stereocenters. The first kappa shape index (κ1) is 19.0. The highest BCUT2D eigenvalue weighted by Gasteiger charge is 2.43. The molecule has 1 N–H and O–H groups in total. The zero-order chi connectivity index (χ0) is 18.8. The number of thiophene rings is 1. The van der Waals surface area contributed by atoms with Crippen LogP contribution in [-0.4, -0.2) is 30.0 Å². The number of alkyl halides is 3. The van der Waals surface area contributed by atoms with Gasteiger partial charge in [-0.2, -0.15) is 13.2 Å². The van der Waals surface area contributed by atoms with Crippen LogP contribution in [0.25, 0.3) is 6.08 Å². The van der Waals surface area contributed by atoms with Crippen molar-refractivity contribution in [2.75, 3.05) is 7.11 Å². The Hall–Kier alpha value is -2.32. The number of ketones is 2. The van der Waals surface area contributed by atoms with Gasteiger partial charge in [0.25, 0.3) is 5.78 Å². The van der Waals surface area contributed by atoms with Crippen LogP contribution < -0.4 is 4.74 Å². The van der Waals surface area contributed by atoms with E-state index < -0.39 is 29.1 Å². The average Bonchev–Trinajstić information content (AvgIpc) is 3.08. The standard InChI is InChI=1S/C16H10ClF3O4S/c1-24-11-7-8(6-10(17)14(11)22)5-9(15(23)16(18,19)20)13(21)12-3-2-4-25-12/h2-7,22H,1H3/b9-5+. The van der Waals surface area contributed by atoms with Crippen molar-refractivity contribution in [1.29, 1.82) is 0 Å². The molecule has 25 heavy (non-hydrogen) atoms. The number of hydrogen-bond acceptors (Lipinski definition) is 5. The largest absolute Gasteiger partial charge is 0.503 e. The van der Waals surface area contributed by atoms with E-state index in [1.165, 1.54) is 24.6 Å². The van der Waals surface area contributed by atoms with Crippen molar-refractivity contribution in [3.63, 3.8) is 0 Å². The molecule has 2 aromatic rings. The van der Waals surface area contributed by atoms with Crippen molar-refractivity contribution < 1.29 is 32.6 Å². The third-order valence-corrected chi connectivity index (χ3v) is 4.23. The summed E-state index contributed by atoms with van der Waals surface area (Å²) in [4.78, 5) is 24.0. The fraction of sp³-hybridized carbons (Fsp3) is 0.125. The topological polar surface area (TPSA) is 63.6 Å². The molecule has 0 spiro atoms. The summed E-state index contributed by atoms with van der Waals surface area (Å²) >= 11 is 6.69. The normalized spacial score (nSPS) is 12.1. The van der Waals surface area contributed by atoms with Gasteiger partial charge in [-0.15, -0.1) is 11.3 Å². The Balaban J connectivity index is 2.59. The molecule has 1 aromatic heterocycles. The highest BCUT2D eigenvalue weighted by atomic mass is 35.5. The van der Waals surface area contributed by atoms with Gasteiger partial charge in [-0.3, -0.25) is 9.59 Å². The number of halogens is 4. The summed E-state index contributed by atoms with van der Waals surface area (Å²) in [7, 11) is 1.22. The zero-order valence-electron chi connectivity index (χ0n) is 12.6. The summed E-state index contributed by atoms with van der Waals surface area (Å²) < 4.78 is 43.4. The van der Waals surface area contributed by atoms with Crippen molar-refractivity contribution in [3.05, 3.63) is 50.7 Å². The van der Waals surface area contributed by atoms with Gasteiger partial charge in [0.15, 0.2) is 11.5 Å². The third kappa shape index (κ3) is 4.21. The maximum atomic E-state index is 12.9. The number of hydrogen-bond donors (Lipinski definition) is 1. The summed E-state index contributed by atoms with van der Waals surface area (Å²) in [6.45, 7) is 0. The van der Waals surface area contributed by atoms with Gasteiger partial charge in [-0.05, 0) is 35.2 Å². The van der Waals surface area contributed by atoms with Crippen molar-refractivity contribution in [1.82, 2.24) is 0 Å². The molecule has 0 radical (unpaired) electrons. The van der Waals surface area contributed by atoms with Crippen molar-refractivity contribution in [2.24, 2.45) is 0 Å². The molecule has 1 heterocycles. The number of allylic oxidation sites excluding steroid dienone is 1. The molecular formula is C16H10ClF3O4S. The third-order valence-electron chi connectivity index (χ3n) is 3.07. The molecular weight excluding hydrogens is 381 g/mol. The van der Waals surface area contributed by atoms with Crippen LogP contribution >= 0.6 is 22.9 Å². The lowest BCUT2D eigenvalue weighted by Crippen LogP contribution is -2.28. The number of methoxy groups -OCH3 is 1. The lowest BCUT2D eigenvalue weighted by molar-refractivity contribution is -0.166. The molecule has 0 saturated heterocycles. The predicted octanol–water partition coefficient (Wildman–Crippen LogP) is 4.51. The molecule has 0 aliphatic rings. The van der Waals surface area contributed by atoms with Crippen LogP contribution in [0.1, 0.15) is 15.2 Å². The fourth-order valence-corrected chi connectivity index (χ4v) is 2.82. The summed E-state index contributed by atoms with van der Waals surface area (Å²) in [5.41, 5.74) is -1.06. The Morgan fingerprint density at radius 3 is 2.52 bits per heavy atom. The van der Waals surface area contributed by atoms with Crippen LogP contribution in [0.3, 0.4) is 0 Å². The fourth-order valence-electron chi connectivity index (χ4n) is 1.93. The van der Waals surface area contributed by atoms with Crippen LogP contribution in [0.5, 0.6) is 11.5 Å². The maximum absolute atomic E-state index is 12.9. The van der Waals surface area contributed by atoms with Gasteiger partial charge in [0.05, 0.1) is 22.6 Å². The van der Waals surface area contributed by atoms with Crippen LogP contribution in [0, 0.1) is 0 Å². The van der Waals surface area contributed by atoms with Crippen molar-refractivity contribution in [3.8, 4) is 11.5 Å². The molecule has 132 valence electrons. The molecule has 9 heteroatoms. The second kappa shape index (κ2) is 7.28. The van der Waals surface area contributed by atoms with E-state index in [1.807, 2.05) is 0 Å². The monoisotopic (exact) mass is 390 g/mol. The van der Waals surface area contributed by atoms with Crippen LogP contribution in [-0.2, 0) is 4.79 Å². The Labute approximate surface area is 149 Å². The summed E-state index contributed by atoms with van der Waals surface area (Å²) in [6, 6.07) is 5.07. The molecule has 0 aliphatic carbocycles. The molecule has 0 amide bonds. The Morgan fingerprint density at radius 1 is 1.32 bits per heavy atom. The van der Waals surface area contributed by atoms with Gasteiger partial charge in [-0.1, -0.05) is 17.7 Å². The van der Waals surface area contributed by atoms with Gasteiger partial charge in [0.2, 0.25) is 5.78 Å². The van der Waals surface area contributed by atoms with Crippen LogP contribution in [0.4, 0.5) is 13.2 Å². The van der Waals surface area contributed by atoms with Crippen LogP contribution in [0.2, 0.25) is 5.02 Å². The summed E-state index contributed by atoms with van der Waals surface area (Å²) in [6.07, 6.45) is -4.45. The van der Waals surface area contributed by atoms with E-state index in [0.717, 1.165) is 29.5 Å². The minimum absolute atomic E-state index is 0.00263. The Kier molecular flexibility index (Phi) is 5.54. The smallest absolute Gasteiger partial charge is 0.455 e. The van der Waals surface area contributed by atoms with E-state index >= 15 is 0 Å². The molecule has 0 bridgehead atoms. The van der Waals surface area contributed by atoms with Gasteiger partial charge in [0, 0.05) is 0 Å². The number of ether oxygens (including phenoxy) is 1. The van der Waals surface area contributed by atoms with Gasteiger partial charge >= 0.3 is 6.18 Å². The number of Topliss-reactive ketones (excluding diaryl/α,β-unsaturated/α-hetero) is 2. The SMILES string of the molecule is COc1cc(/C=C(\C(=O)c2cccs2)C(=O)C(F)(F)F)cc(Cl)c1O. The summed E-state index contributed by atoms with van der Waals surface area (Å²) in [5, 5.41) is 11.0. The summed E-state index contributed by atoms with van der Waals surface area (Å²) in [5.74, 6) is -3.84. The first-order valence-electron chi connectivity index (χ1n) is 6.63. The number of rotatable bonds is 5. The average molecular weight is 391 g/mol. The van der Waals surface area contributed by atoms with E-state index in [-0.39, 0.29) is 21.2 Å². The van der Waals surface area contributed by atoms with E-state index in [9.17, 15) is 27.9 Å². The number of aromatic hydroxyl groups is 1. The van der Waals surface area contributed by atoms with Crippen molar-refractivity contribution in [2.45, 2.75) is 6.18 Å². The van der Waals surface area contributed by atoms with E-state index in [4.69, 9.17) is 16.3 Å². The van der Waals surface area contributed by atoms with Gasteiger partial charge < -0.3 is 9.84 Å². The predicted molar refractivity (Wildman–Crippen MR) is 87.4 cm³/mol. The quantitative estimate of drug-likeness (QED) is 0.353. The van der Waals surface area contributed by atoms with E-state index in [1.54, 1.807) is 0 Å². The lowest BCUT2D eigenvalue weighted by Gasteiger charge is -2.10. The Bertz CT molecular complexity index is 842. The first-order valence-corrected chi connectivity index (χ1v) is 7.88. The molecule has 2 rings (SSSR count). The second-order valence-electron chi connectivity index (χ2n) is 4.74. The lowest BCUT2D eigenvalue weighted by atomic mass is 10.0. The maximum Gasteiger partial charge on any atom is 0.455 e. The minimum atomic E-state index is -5.22. The molecule has 1 aromatic carbocycles. The molecule has 0 unspecified atom stereocenters. The number of phenolic OH excluding ortho intramolecular Hbond substituents is 1. The van der Waals surface area contributed by atoms with Gasteiger partial charge in [0.1, 0.15) is 0 Å². The number of phenols is 1. The molecule has 4 nitrogen and oxygen atoms in total. The second-order valence-corrected chi connectivity index (χ2v) is 6.10. The van der Waals surface area contributed by atoms with Gasteiger partial charge in [-0.25, -0.2) is 0 Å². The zero-order valence-corrected chi connectivity index (χ0v) is 14.1. The number of carbonyl (C=O) groups excluding carboxylic acids is 2. The molecule has 0 saturated carbocycles. The number of benzene rings is 1. The molecule has 0 fully saturated rings. The van der Waals surface area contributed by atoms with E-state index in [2.05, 4.69) is 0 Å². The Morgan fingerprint density at radius 2 is 2.00 bits per heavy atom. The number of carbonyl (C=O) groups is 2. The minimum Gasteiger partial charge on any atom is -0.503 e.